The minimum absolute atomic E-state index is 0.260. The summed E-state index contributed by atoms with van der Waals surface area (Å²) < 4.78 is 1.25. The zero-order valence-electron chi connectivity index (χ0n) is 8.27. The molecule has 0 fully saturated rings. The van der Waals surface area contributed by atoms with E-state index in [1.54, 1.807) is 11.3 Å². The minimum Gasteiger partial charge on any atom is -0.377 e. The van der Waals surface area contributed by atoms with Crippen molar-refractivity contribution in [3.63, 3.8) is 0 Å². The summed E-state index contributed by atoms with van der Waals surface area (Å²) in [6, 6.07) is 8.62. The number of hydrogen-bond donors (Lipinski definition) is 1. The molecule has 15 heavy (non-hydrogen) atoms. The Bertz CT molecular complexity index is 411. The van der Waals surface area contributed by atoms with Gasteiger partial charge in [-0.3, -0.25) is 0 Å². The monoisotopic (exact) mass is 330 g/mol. The summed E-state index contributed by atoms with van der Waals surface area (Å²) in [5.41, 5.74) is 4.09. The predicted octanol–water partition coefficient (Wildman–Crippen LogP) is 3.92. The number of anilines is 1. The van der Waals surface area contributed by atoms with Gasteiger partial charge in [0.2, 0.25) is 0 Å². The zero-order valence-corrected chi connectivity index (χ0v) is 11.2. The highest BCUT2D eigenvalue weighted by atomic mass is 127. The van der Waals surface area contributed by atoms with Crippen LogP contribution in [-0.2, 0) is 0 Å². The lowest BCUT2D eigenvalue weighted by Crippen LogP contribution is -2.06. The SMILES string of the molecule is CC(Nc1ccc(I)cc1)c1cscn1. The number of nitrogens with zero attached hydrogens (tertiary/aromatic N) is 1. The molecule has 0 spiro atoms. The lowest BCUT2D eigenvalue weighted by Gasteiger charge is -2.12. The normalized spacial score (nSPS) is 12.4. The van der Waals surface area contributed by atoms with Gasteiger partial charge >= 0.3 is 0 Å². The minimum atomic E-state index is 0.260. The molecule has 0 bridgehead atoms. The van der Waals surface area contributed by atoms with Crippen LogP contribution in [0.15, 0.2) is 35.2 Å². The van der Waals surface area contributed by atoms with Crippen molar-refractivity contribution in [2.45, 2.75) is 13.0 Å². The van der Waals surface area contributed by atoms with Crippen LogP contribution in [0.5, 0.6) is 0 Å². The molecule has 0 radical (unpaired) electrons. The number of benzene rings is 1. The van der Waals surface area contributed by atoms with Crippen LogP contribution in [0, 0.1) is 3.57 Å². The maximum atomic E-state index is 4.28. The summed E-state index contributed by atoms with van der Waals surface area (Å²) in [6.07, 6.45) is 0. The highest BCUT2D eigenvalue weighted by Gasteiger charge is 2.06. The van der Waals surface area contributed by atoms with Gasteiger partial charge in [0.25, 0.3) is 0 Å². The van der Waals surface area contributed by atoms with Gasteiger partial charge in [-0.25, -0.2) is 4.98 Å². The molecule has 1 aromatic carbocycles. The van der Waals surface area contributed by atoms with E-state index in [0.29, 0.717) is 0 Å². The van der Waals surface area contributed by atoms with Gasteiger partial charge in [0, 0.05) is 14.6 Å². The van der Waals surface area contributed by atoms with Crippen LogP contribution in [-0.4, -0.2) is 4.98 Å². The second-order valence-corrected chi connectivity index (χ2v) is 5.25. The molecule has 0 saturated carbocycles. The number of nitrogens with one attached hydrogen (secondary N) is 1. The molecule has 1 atom stereocenters. The maximum absolute atomic E-state index is 4.28. The first-order valence-electron chi connectivity index (χ1n) is 4.66. The molecule has 2 nitrogen and oxygen atoms in total. The summed E-state index contributed by atoms with van der Waals surface area (Å²) >= 11 is 3.93. The van der Waals surface area contributed by atoms with Crippen LogP contribution in [0.2, 0.25) is 0 Å². The van der Waals surface area contributed by atoms with Crippen molar-refractivity contribution in [1.29, 1.82) is 0 Å². The van der Waals surface area contributed by atoms with E-state index < -0.39 is 0 Å². The summed E-state index contributed by atoms with van der Waals surface area (Å²) in [4.78, 5) is 4.28. The fourth-order valence-electron chi connectivity index (χ4n) is 1.31. The summed E-state index contributed by atoms with van der Waals surface area (Å²) in [5, 5.41) is 5.49. The third-order valence-electron chi connectivity index (χ3n) is 2.12. The van der Waals surface area contributed by atoms with Crippen LogP contribution in [0.4, 0.5) is 5.69 Å². The van der Waals surface area contributed by atoms with E-state index in [1.165, 1.54) is 3.57 Å². The van der Waals surface area contributed by atoms with Gasteiger partial charge in [0.15, 0.2) is 0 Å². The standard InChI is InChI=1S/C11H11IN2S/c1-8(11-6-15-7-13-11)14-10-4-2-9(12)3-5-10/h2-8,14H,1H3. The van der Waals surface area contributed by atoms with Crippen molar-refractivity contribution >= 4 is 39.6 Å². The highest BCUT2D eigenvalue weighted by Crippen LogP contribution is 2.19. The number of hydrogen-bond acceptors (Lipinski definition) is 3. The van der Waals surface area contributed by atoms with Crippen LogP contribution >= 0.6 is 33.9 Å². The first kappa shape index (κ1) is 10.9. The average molecular weight is 330 g/mol. The molecule has 2 rings (SSSR count). The van der Waals surface area contributed by atoms with Gasteiger partial charge in [0.1, 0.15) is 0 Å². The maximum Gasteiger partial charge on any atom is 0.0795 e. The smallest absolute Gasteiger partial charge is 0.0795 e. The molecule has 4 heteroatoms. The van der Waals surface area contributed by atoms with Crippen molar-refractivity contribution in [2.75, 3.05) is 5.32 Å². The van der Waals surface area contributed by atoms with Crippen molar-refractivity contribution < 1.29 is 0 Å². The van der Waals surface area contributed by atoms with Gasteiger partial charge < -0.3 is 5.32 Å². The van der Waals surface area contributed by atoms with E-state index in [0.717, 1.165) is 11.4 Å². The molecule has 1 aromatic heterocycles. The molecule has 1 N–H and O–H groups in total. The number of aromatic nitrogens is 1. The quantitative estimate of drug-likeness (QED) is 0.863. The average Bonchev–Trinajstić information content (AvgIpc) is 2.74. The Morgan fingerprint density at radius 2 is 2.07 bits per heavy atom. The lowest BCUT2D eigenvalue weighted by molar-refractivity contribution is 0.850. The summed E-state index contributed by atoms with van der Waals surface area (Å²) in [6.45, 7) is 2.12. The van der Waals surface area contributed by atoms with Crippen molar-refractivity contribution in [3.8, 4) is 0 Å². The van der Waals surface area contributed by atoms with Crippen LogP contribution in [0.1, 0.15) is 18.7 Å². The summed E-state index contributed by atoms with van der Waals surface area (Å²) in [5.74, 6) is 0. The van der Waals surface area contributed by atoms with Crippen LogP contribution < -0.4 is 5.32 Å². The molecule has 0 aliphatic heterocycles. The van der Waals surface area contributed by atoms with Gasteiger partial charge in [-0.2, -0.15) is 0 Å². The fraction of sp³-hybridized carbons (Fsp3) is 0.182. The molecule has 1 unspecified atom stereocenters. The van der Waals surface area contributed by atoms with E-state index in [1.807, 2.05) is 5.51 Å². The van der Waals surface area contributed by atoms with E-state index in [9.17, 15) is 0 Å². The Morgan fingerprint density at radius 3 is 2.67 bits per heavy atom. The van der Waals surface area contributed by atoms with Crippen molar-refractivity contribution in [2.24, 2.45) is 0 Å². The Labute approximate surface area is 107 Å². The Kier molecular flexibility index (Phi) is 3.58. The Morgan fingerprint density at radius 1 is 1.33 bits per heavy atom. The molecule has 78 valence electrons. The fourth-order valence-corrected chi connectivity index (χ4v) is 2.31. The number of rotatable bonds is 3. The highest BCUT2D eigenvalue weighted by molar-refractivity contribution is 14.1. The van der Waals surface area contributed by atoms with Gasteiger partial charge in [-0.1, -0.05) is 0 Å². The largest absolute Gasteiger partial charge is 0.377 e. The van der Waals surface area contributed by atoms with Gasteiger partial charge in [0.05, 0.1) is 17.2 Å². The zero-order chi connectivity index (χ0) is 10.7. The molecule has 0 aliphatic carbocycles. The van der Waals surface area contributed by atoms with E-state index >= 15 is 0 Å². The third kappa shape index (κ3) is 2.92. The third-order valence-corrected chi connectivity index (χ3v) is 3.45. The van der Waals surface area contributed by atoms with Crippen LogP contribution in [0.25, 0.3) is 0 Å². The van der Waals surface area contributed by atoms with E-state index in [4.69, 9.17) is 0 Å². The molecule has 0 saturated heterocycles. The predicted molar refractivity (Wildman–Crippen MR) is 73.3 cm³/mol. The molecule has 1 heterocycles. The Balaban J connectivity index is 2.06. The van der Waals surface area contributed by atoms with Crippen LogP contribution in [0.3, 0.4) is 0 Å². The van der Waals surface area contributed by atoms with Gasteiger partial charge in [-0.05, 0) is 53.8 Å². The molecular weight excluding hydrogens is 319 g/mol. The van der Waals surface area contributed by atoms with Crippen molar-refractivity contribution in [3.05, 3.63) is 44.4 Å². The second-order valence-electron chi connectivity index (χ2n) is 3.29. The molecule has 0 amide bonds. The molecule has 2 aromatic rings. The number of halogens is 1. The second kappa shape index (κ2) is 4.94. The summed E-state index contributed by atoms with van der Waals surface area (Å²) in [7, 11) is 0. The van der Waals surface area contributed by atoms with Gasteiger partial charge in [-0.15, -0.1) is 11.3 Å². The topological polar surface area (TPSA) is 24.9 Å². The lowest BCUT2D eigenvalue weighted by atomic mass is 10.2. The number of thiazole rings is 1. The first-order chi connectivity index (χ1) is 7.25. The van der Waals surface area contributed by atoms with E-state index in [-0.39, 0.29) is 6.04 Å². The van der Waals surface area contributed by atoms with E-state index in [2.05, 4.69) is 69.5 Å². The first-order valence-corrected chi connectivity index (χ1v) is 6.68. The Hall–Kier alpha value is -0.620. The molecular formula is C11H11IN2S. The molecule has 0 aliphatic rings. The van der Waals surface area contributed by atoms with Crippen molar-refractivity contribution in [1.82, 2.24) is 4.98 Å².